The van der Waals surface area contributed by atoms with E-state index in [-0.39, 0.29) is 11.9 Å². The summed E-state index contributed by atoms with van der Waals surface area (Å²) in [4.78, 5) is 0. The Labute approximate surface area is 124 Å². The van der Waals surface area contributed by atoms with Crippen molar-refractivity contribution in [3.63, 3.8) is 0 Å². The normalized spacial score (nSPS) is 12.0. The van der Waals surface area contributed by atoms with E-state index in [2.05, 4.69) is 5.32 Å². The van der Waals surface area contributed by atoms with Crippen LogP contribution in [0.3, 0.4) is 0 Å². The van der Waals surface area contributed by atoms with Gasteiger partial charge in [-0.15, -0.1) is 0 Å². The minimum absolute atomic E-state index is 0.207. The number of rotatable bonds is 5. The molecule has 2 rings (SSSR count). The van der Waals surface area contributed by atoms with Gasteiger partial charge >= 0.3 is 0 Å². The van der Waals surface area contributed by atoms with Crippen molar-refractivity contribution in [2.45, 2.75) is 13.0 Å². The largest absolute Gasteiger partial charge is 0.497 e. The Morgan fingerprint density at radius 1 is 1.05 bits per heavy atom. The van der Waals surface area contributed by atoms with E-state index >= 15 is 0 Å². The molecule has 0 aliphatic rings. The summed E-state index contributed by atoms with van der Waals surface area (Å²) >= 11 is 0. The van der Waals surface area contributed by atoms with Crippen LogP contribution in [-0.4, -0.2) is 21.3 Å². The molecule has 0 bridgehead atoms. The maximum absolute atomic E-state index is 14.4. The van der Waals surface area contributed by atoms with Crippen LogP contribution in [0.1, 0.15) is 22.7 Å². The maximum Gasteiger partial charge on any atom is 0.131 e. The highest BCUT2D eigenvalue weighted by Crippen LogP contribution is 2.34. The fourth-order valence-electron chi connectivity index (χ4n) is 2.44. The third-order valence-corrected chi connectivity index (χ3v) is 3.57. The summed E-state index contributed by atoms with van der Waals surface area (Å²) < 4.78 is 25.1. The summed E-state index contributed by atoms with van der Waals surface area (Å²) in [5.41, 5.74) is 2.04. The van der Waals surface area contributed by atoms with Crippen LogP contribution in [0.25, 0.3) is 0 Å². The standard InChI is InChI=1S/C17H20FNO2/c1-11-6-5-7-13(16(11)18)17(19-2)14-10-12(20-3)8-9-15(14)21-4/h5-10,17,19H,1-4H3. The van der Waals surface area contributed by atoms with Crippen LogP contribution < -0.4 is 14.8 Å². The summed E-state index contributed by atoms with van der Waals surface area (Å²) in [5.74, 6) is 1.19. The average Bonchev–Trinajstić information content (AvgIpc) is 2.52. The average molecular weight is 289 g/mol. The van der Waals surface area contributed by atoms with E-state index in [1.807, 2.05) is 24.3 Å². The minimum Gasteiger partial charge on any atom is -0.497 e. The van der Waals surface area contributed by atoms with Gasteiger partial charge in [-0.2, -0.15) is 0 Å². The molecule has 0 amide bonds. The molecule has 1 N–H and O–H groups in total. The second kappa shape index (κ2) is 6.59. The lowest BCUT2D eigenvalue weighted by Crippen LogP contribution is -2.20. The fourth-order valence-corrected chi connectivity index (χ4v) is 2.44. The monoisotopic (exact) mass is 289 g/mol. The number of hydrogen-bond acceptors (Lipinski definition) is 3. The first-order valence-electron chi connectivity index (χ1n) is 6.76. The van der Waals surface area contributed by atoms with Gasteiger partial charge in [0, 0.05) is 11.1 Å². The van der Waals surface area contributed by atoms with Crippen LogP contribution >= 0.6 is 0 Å². The minimum atomic E-state index is -0.310. The molecule has 112 valence electrons. The Kier molecular flexibility index (Phi) is 4.81. The molecule has 0 radical (unpaired) electrons. The molecule has 21 heavy (non-hydrogen) atoms. The summed E-state index contributed by atoms with van der Waals surface area (Å²) in [7, 11) is 5.00. The van der Waals surface area contributed by atoms with E-state index < -0.39 is 0 Å². The van der Waals surface area contributed by atoms with Crippen LogP contribution in [0.2, 0.25) is 0 Å². The number of benzene rings is 2. The summed E-state index contributed by atoms with van der Waals surface area (Å²) in [6.45, 7) is 1.76. The second-order valence-electron chi connectivity index (χ2n) is 4.81. The molecule has 1 atom stereocenters. The van der Waals surface area contributed by atoms with Crippen molar-refractivity contribution < 1.29 is 13.9 Å². The van der Waals surface area contributed by atoms with E-state index in [0.29, 0.717) is 22.6 Å². The highest BCUT2D eigenvalue weighted by atomic mass is 19.1. The van der Waals surface area contributed by atoms with Crippen LogP contribution in [0, 0.1) is 12.7 Å². The molecule has 0 spiro atoms. The van der Waals surface area contributed by atoms with Gasteiger partial charge in [-0.1, -0.05) is 18.2 Å². The first-order valence-corrected chi connectivity index (χ1v) is 6.76. The van der Waals surface area contributed by atoms with E-state index in [1.54, 1.807) is 40.3 Å². The lowest BCUT2D eigenvalue weighted by Gasteiger charge is -2.21. The van der Waals surface area contributed by atoms with E-state index in [1.165, 1.54) is 0 Å². The molecule has 2 aromatic rings. The predicted molar refractivity (Wildman–Crippen MR) is 81.6 cm³/mol. The van der Waals surface area contributed by atoms with Gasteiger partial charge < -0.3 is 14.8 Å². The number of aryl methyl sites for hydroxylation is 1. The first kappa shape index (κ1) is 15.3. The Bertz CT molecular complexity index is 628. The van der Waals surface area contributed by atoms with Crippen molar-refractivity contribution in [2.75, 3.05) is 21.3 Å². The summed E-state index contributed by atoms with van der Waals surface area (Å²) in [5, 5.41) is 3.15. The van der Waals surface area contributed by atoms with Gasteiger partial charge in [0.25, 0.3) is 0 Å². The first-order chi connectivity index (χ1) is 10.1. The van der Waals surface area contributed by atoms with Crippen molar-refractivity contribution in [3.05, 3.63) is 58.9 Å². The van der Waals surface area contributed by atoms with E-state index in [4.69, 9.17) is 9.47 Å². The highest BCUT2D eigenvalue weighted by molar-refractivity contribution is 5.46. The number of ether oxygens (including phenoxy) is 2. The molecule has 0 saturated carbocycles. The molecule has 0 saturated heterocycles. The highest BCUT2D eigenvalue weighted by Gasteiger charge is 2.21. The van der Waals surface area contributed by atoms with Gasteiger partial charge in [-0.25, -0.2) is 4.39 Å². The van der Waals surface area contributed by atoms with Gasteiger partial charge in [0.15, 0.2) is 0 Å². The van der Waals surface area contributed by atoms with Gasteiger partial charge in [-0.05, 0) is 37.7 Å². The SMILES string of the molecule is CNC(c1cc(OC)ccc1OC)c1cccc(C)c1F. The van der Waals surface area contributed by atoms with Gasteiger partial charge in [0.1, 0.15) is 17.3 Å². The van der Waals surface area contributed by atoms with Crippen LogP contribution in [0.15, 0.2) is 36.4 Å². The Morgan fingerprint density at radius 2 is 1.81 bits per heavy atom. The molecule has 3 nitrogen and oxygen atoms in total. The zero-order chi connectivity index (χ0) is 15.4. The summed E-state index contributed by atoms with van der Waals surface area (Å²) in [6.07, 6.45) is 0. The molecule has 0 aliphatic carbocycles. The Hall–Kier alpha value is -2.07. The molecule has 2 aromatic carbocycles. The lowest BCUT2D eigenvalue weighted by molar-refractivity contribution is 0.394. The predicted octanol–water partition coefficient (Wildman–Crippen LogP) is 3.46. The molecule has 0 heterocycles. The number of halogens is 1. The van der Waals surface area contributed by atoms with Crippen LogP contribution in [-0.2, 0) is 0 Å². The Morgan fingerprint density at radius 3 is 2.43 bits per heavy atom. The third kappa shape index (κ3) is 3.00. The molecular weight excluding hydrogens is 269 g/mol. The number of nitrogens with one attached hydrogen (secondary N) is 1. The molecular formula is C17H20FNO2. The third-order valence-electron chi connectivity index (χ3n) is 3.57. The van der Waals surface area contributed by atoms with Crippen LogP contribution in [0.4, 0.5) is 4.39 Å². The smallest absolute Gasteiger partial charge is 0.131 e. The number of hydrogen-bond donors (Lipinski definition) is 1. The van der Waals surface area contributed by atoms with E-state index in [9.17, 15) is 4.39 Å². The van der Waals surface area contributed by atoms with E-state index in [0.717, 1.165) is 5.56 Å². The van der Waals surface area contributed by atoms with Crippen molar-refractivity contribution in [1.82, 2.24) is 5.32 Å². The molecule has 0 fully saturated rings. The molecule has 1 unspecified atom stereocenters. The molecule has 0 aromatic heterocycles. The van der Waals surface area contributed by atoms with Crippen LogP contribution in [0.5, 0.6) is 11.5 Å². The van der Waals surface area contributed by atoms with Gasteiger partial charge in [0.05, 0.1) is 20.3 Å². The van der Waals surface area contributed by atoms with Crippen molar-refractivity contribution in [3.8, 4) is 11.5 Å². The van der Waals surface area contributed by atoms with Crippen molar-refractivity contribution in [2.24, 2.45) is 0 Å². The second-order valence-corrected chi connectivity index (χ2v) is 4.81. The molecule has 0 aliphatic heterocycles. The quantitative estimate of drug-likeness (QED) is 0.914. The van der Waals surface area contributed by atoms with Crippen molar-refractivity contribution >= 4 is 0 Å². The maximum atomic E-state index is 14.4. The molecule has 4 heteroatoms. The zero-order valence-corrected chi connectivity index (χ0v) is 12.7. The zero-order valence-electron chi connectivity index (χ0n) is 12.7. The van der Waals surface area contributed by atoms with Gasteiger partial charge in [0.2, 0.25) is 0 Å². The van der Waals surface area contributed by atoms with Gasteiger partial charge in [-0.3, -0.25) is 0 Å². The fraction of sp³-hybridized carbons (Fsp3) is 0.294. The summed E-state index contributed by atoms with van der Waals surface area (Å²) in [6, 6.07) is 10.6. The van der Waals surface area contributed by atoms with Crippen molar-refractivity contribution in [1.29, 1.82) is 0 Å². The Balaban J connectivity index is 2.57. The number of methoxy groups -OCH3 is 2. The topological polar surface area (TPSA) is 30.5 Å². The lowest BCUT2D eigenvalue weighted by atomic mass is 9.95.